The van der Waals surface area contributed by atoms with Gasteiger partial charge in [0.15, 0.2) is 6.10 Å². The number of aliphatic hydroxyl groups excluding tert-OH is 1. The summed E-state index contributed by atoms with van der Waals surface area (Å²) in [5, 5.41) is 12.7. The first-order valence-corrected chi connectivity index (χ1v) is 8.13. The van der Waals surface area contributed by atoms with Crippen LogP contribution in [0.4, 0.5) is 8.78 Å². The van der Waals surface area contributed by atoms with E-state index in [4.69, 9.17) is 4.74 Å². The first-order chi connectivity index (χ1) is 12.0. The Morgan fingerprint density at radius 1 is 1.28 bits per heavy atom. The highest BCUT2D eigenvalue weighted by Crippen LogP contribution is 2.26. The van der Waals surface area contributed by atoms with E-state index in [1.807, 2.05) is 24.3 Å². The molecule has 0 radical (unpaired) electrons. The number of carbonyl (C=O) groups excluding carboxylic acids is 1. The zero-order valence-corrected chi connectivity index (χ0v) is 13.5. The molecule has 6 heteroatoms. The molecule has 0 bridgehead atoms. The SMILES string of the molecule is O=C(NC[C@@H](O)Cc1ccc(F)cc1F)[C@H]1OCCc2ccccc21. The van der Waals surface area contributed by atoms with Gasteiger partial charge in [-0.05, 0) is 29.2 Å². The number of amides is 1. The van der Waals surface area contributed by atoms with Gasteiger partial charge in [-0.2, -0.15) is 0 Å². The number of hydrogen-bond acceptors (Lipinski definition) is 3. The van der Waals surface area contributed by atoms with Crippen LogP contribution in [0.1, 0.15) is 22.8 Å². The lowest BCUT2D eigenvalue weighted by Crippen LogP contribution is -2.38. The highest BCUT2D eigenvalue weighted by Gasteiger charge is 2.27. The summed E-state index contributed by atoms with van der Waals surface area (Å²) < 4.78 is 32.1. The maximum absolute atomic E-state index is 13.6. The molecule has 2 aromatic carbocycles. The van der Waals surface area contributed by atoms with Crippen molar-refractivity contribution < 1.29 is 23.4 Å². The minimum Gasteiger partial charge on any atom is -0.391 e. The molecule has 4 nitrogen and oxygen atoms in total. The second-order valence-electron chi connectivity index (χ2n) is 6.04. The fourth-order valence-corrected chi connectivity index (χ4v) is 2.94. The van der Waals surface area contributed by atoms with Crippen molar-refractivity contribution in [1.29, 1.82) is 0 Å². The first-order valence-electron chi connectivity index (χ1n) is 8.13. The molecule has 3 rings (SSSR count). The second-order valence-corrected chi connectivity index (χ2v) is 6.04. The van der Waals surface area contributed by atoms with Crippen molar-refractivity contribution in [3.8, 4) is 0 Å². The van der Waals surface area contributed by atoms with Crippen molar-refractivity contribution in [3.05, 3.63) is 70.8 Å². The van der Waals surface area contributed by atoms with E-state index in [-0.39, 0.29) is 24.4 Å². The van der Waals surface area contributed by atoms with Crippen molar-refractivity contribution >= 4 is 5.91 Å². The van der Waals surface area contributed by atoms with Crippen LogP contribution in [0.15, 0.2) is 42.5 Å². The third-order valence-electron chi connectivity index (χ3n) is 4.21. The number of ether oxygens (including phenoxy) is 1. The van der Waals surface area contributed by atoms with Crippen LogP contribution in [0.25, 0.3) is 0 Å². The van der Waals surface area contributed by atoms with Crippen molar-refractivity contribution in [2.24, 2.45) is 0 Å². The molecule has 0 saturated heterocycles. The second kappa shape index (κ2) is 7.72. The van der Waals surface area contributed by atoms with E-state index in [2.05, 4.69) is 5.32 Å². The van der Waals surface area contributed by atoms with Crippen LogP contribution in [-0.4, -0.2) is 30.3 Å². The van der Waals surface area contributed by atoms with E-state index >= 15 is 0 Å². The molecule has 0 aromatic heterocycles. The molecule has 1 heterocycles. The van der Waals surface area contributed by atoms with Crippen molar-refractivity contribution in [2.75, 3.05) is 13.2 Å². The number of aliphatic hydroxyl groups is 1. The Balaban J connectivity index is 1.57. The van der Waals surface area contributed by atoms with E-state index in [1.165, 1.54) is 6.07 Å². The molecule has 1 aliphatic rings. The van der Waals surface area contributed by atoms with Crippen molar-refractivity contribution in [1.82, 2.24) is 5.32 Å². The molecular formula is C19H19F2NO3. The van der Waals surface area contributed by atoms with E-state index < -0.39 is 23.8 Å². The van der Waals surface area contributed by atoms with Crippen LogP contribution in [-0.2, 0) is 22.4 Å². The van der Waals surface area contributed by atoms with Crippen LogP contribution in [0.5, 0.6) is 0 Å². The molecule has 0 unspecified atom stereocenters. The minimum atomic E-state index is -0.984. The number of fused-ring (bicyclic) bond motifs is 1. The average Bonchev–Trinajstić information content (AvgIpc) is 2.61. The third-order valence-corrected chi connectivity index (χ3v) is 4.21. The molecule has 132 valence electrons. The van der Waals surface area contributed by atoms with Gasteiger partial charge in [0.1, 0.15) is 11.6 Å². The predicted octanol–water partition coefficient (Wildman–Crippen LogP) is 2.30. The van der Waals surface area contributed by atoms with Gasteiger partial charge in [-0.1, -0.05) is 30.3 Å². The summed E-state index contributed by atoms with van der Waals surface area (Å²) >= 11 is 0. The molecule has 1 aliphatic heterocycles. The lowest BCUT2D eigenvalue weighted by Gasteiger charge is -2.25. The zero-order chi connectivity index (χ0) is 17.8. The fourth-order valence-electron chi connectivity index (χ4n) is 2.94. The highest BCUT2D eigenvalue weighted by atomic mass is 19.1. The molecular weight excluding hydrogens is 328 g/mol. The van der Waals surface area contributed by atoms with Crippen molar-refractivity contribution in [2.45, 2.75) is 25.0 Å². The van der Waals surface area contributed by atoms with Crippen molar-refractivity contribution in [3.63, 3.8) is 0 Å². The normalized spacial score (nSPS) is 17.6. The predicted molar refractivity (Wildman–Crippen MR) is 87.9 cm³/mol. The molecule has 25 heavy (non-hydrogen) atoms. The highest BCUT2D eigenvalue weighted by molar-refractivity contribution is 5.82. The number of carbonyl (C=O) groups is 1. The lowest BCUT2D eigenvalue weighted by molar-refractivity contribution is -0.134. The van der Waals surface area contributed by atoms with Crippen LogP contribution >= 0.6 is 0 Å². The largest absolute Gasteiger partial charge is 0.391 e. The average molecular weight is 347 g/mol. The Morgan fingerprint density at radius 3 is 2.88 bits per heavy atom. The van der Waals surface area contributed by atoms with Gasteiger partial charge >= 0.3 is 0 Å². The van der Waals surface area contributed by atoms with Gasteiger partial charge in [0.25, 0.3) is 5.91 Å². The Kier molecular flexibility index (Phi) is 5.40. The van der Waals surface area contributed by atoms with Gasteiger partial charge in [-0.3, -0.25) is 4.79 Å². The summed E-state index contributed by atoms with van der Waals surface area (Å²) in [7, 11) is 0. The molecule has 0 spiro atoms. The third kappa shape index (κ3) is 4.21. The number of halogens is 2. The van der Waals surface area contributed by atoms with E-state index in [1.54, 1.807) is 0 Å². The summed E-state index contributed by atoms with van der Waals surface area (Å²) in [6.07, 6.45) is -0.955. The van der Waals surface area contributed by atoms with Gasteiger partial charge in [-0.25, -0.2) is 8.78 Å². The summed E-state index contributed by atoms with van der Waals surface area (Å²) in [6, 6.07) is 10.8. The van der Waals surface area contributed by atoms with Gasteiger partial charge in [-0.15, -0.1) is 0 Å². The van der Waals surface area contributed by atoms with Gasteiger partial charge in [0.05, 0.1) is 12.7 Å². The first kappa shape index (κ1) is 17.5. The Morgan fingerprint density at radius 2 is 2.08 bits per heavy atom. The molecule has 2 N–H and O–H groups in total. The van der Waals surface area contributed by atoms with Crippen LogP contribution in [0, 0.1) is 11.6 Å². The molecule has 0 aliphatic carbocycles. The van der Waals surface area contributed by atoms with E-state index in [0.717, 1.165) is 29.7 Å². The fraction of sp³-hybridized carbons (Fsp3) is 0.316. The maximum Gasteiger partial charge on any atom is 0.253 e. The van der Waals surface area contributed by atoms with Gasteiger partial charge in [0.2, 0.25) is 0 Å². The minimum absolute atomic E-state index is 0.0193. The smallest absolute Gasteiger partial charge is 0.253 e. The summed E-state index contributed by atoms with van der Waals surface area (Å²) in [5.41, 5.74) is 2.09. The van der Waals surface area contributed by atoms with Gasteiger partial charge < -0.3 is 15.2 Å². The number of nitrogens with one attached hydrogen (secondary N) is 1. The monoisotopic (exact) mass is 347 g/mol. The summed E-state index contributed by atoms with van der Waals surface area (Å²) in [5.74, 6) is -1.72. The Labute approximate surface area is 144 Å². The molecule has 0 saturated carbocycles. The number of benzene rings is 2. The van der Waals surface area contributed by atoms with Crippen LogP contribution in [0.3, 0.4) is 0 Å². The van der Waals surface area contributed by atoms with E-state index in [0.29, 0.717) is 6.61 Å². The Hall–Kier alpha value is -2.31. The quantitative estimate of drug-likeness (QED) is 0.873. The van der Waals surface area contributed by atoms with Crippen LogP contribution < -0.4 is 5.32 Å². The number of rotatable bonds is 5. The lowest BCUT2D eigenvalue weighted by atomic mass is 9.97. The van der Waals surface area contributed by atoms with Crippen LogP contribution in [0.2, 0.25) is 0 Å². The molecule has 0 fully saturated rings. The standard InChI is InChI=1S/C19H19F2NO3/c20-14-6-5-13(17(21)10-14)9-15(23)11-22-19(24)18-16-4-2-1-3-12(16)7-8-25-18/h1-6,10,15,18,23H,7-9,11H2,(H,22,24)/t15-,18-/m0/s1. The van der Waals surface area contributed by atoms with Gasteiger partial charge in [0, 0.05) is 19.0 Å². The van der Waals surface area contributed by atoms with E-state index in [9.17, 15) is 18.7 Å². The summed E-state index contributed by atoms with van der Waals surface area (Å²) in [6.45, 7) is 0.413. The molecule has 1 amide bonds. The molecule has 2 aromatic rings. The number of hydrogen-bond donors (Lipinski definition) is 2. The topological polar surface area (TPSA) is 58.6 Å². The Bertz CT molecular complexity index is 766. The summed E-state index contributed by atoms with van der Waals surface area (Å²) in [4.78, 5) is 12.4. The maximum atomic E-state index is 13.6. The zero-order valence-electron chi connectivity index (χ0n) is 13.5. The molecule has 2 atom stereocenters.